The summed E-state index contributed by atoms with van der Waals surface area (Å²) in [5.41, 5.74) is 1.70. The molecule has 0 fully saturated rings. The maximum atomic E-state index is 11.9. The fraction of sp³-hybridized carbons (Fsp3) is 0.286. The molecule has 1 unspecified atom stereocenters. The Kier molecular flexibility index (Phi) is 4.27. The van der Waals surface area contributed by atoms with Gasteiger partial charge in [0, 0.05) is 0 Å². The summed E-state index contributed by atoms with van der Waals surface area (Å²) in [4.78, 5) is 16.2. The minimum absolute atomic E-state index is 0.315. The first-order valence-electron chi connectivity index (χ1n) is 5.85. The Morgan fingerprint density at radius 3 is 2.53 bits per heavy atom. The van der Waals surface area contributed by atoms with Crippen molar-refractivity contribution in [3.05, 3.63) is 47.3 Å². The zero-order valence-corrected chi connectivity index (χ0v) is 11.9. The van der Waals surface area contributed by atoms with Crippen molar-refractivity contribution >= 4 is 17.7 Å². The molecule has 0 N–H and O–H groups in total. The van der Waals surface area contributed by atoms with E-state index in [1.807, 2.05) is 44.2 Å². The van der Waals surface area contributed by atoms with Gasteiger partial charge in [-0.3, -0.25) is 4.79 Å². The lowest BCUT2D eigenvalue weighted by Crippen LogP contribution is -2.11. The molecule has 0 spiro atoms. The minimum Gasteiger partial charge on any atom is -0.468 e. The third-order valence-corrected chi connectivity index (χ3v) is 3.82. The number of nitrogens with zero attached hydrogens (tertiary/aromatic N) is 1. The van der Waals surface area contributed by atoms with E-state index in [9.17, 15) is 4.79 Å². The smallest absolute Gasteiger partial charge is 0.323 e. The number of aryl methyl sites for hydroxylation is 2. The molecule has 4 nitrogen and oxygen atoms in total. The second-order valence-corrected chi connectivity index (χ2v) is 5.11. The van der Waals surface area contributed by atoms with E-state index in [-0.39, 0.29) is 5.97 Å². The van der Waals surface area contributed by atoms with Gasteiger partial charge in [0.2, 0.25) is 0 Å². The van der Waals surface area contributed by atoms with Crippen LogP contribution in [0.1, 0.15) is 22.3 Å². The van der Waals surface area contributed by atoms with E-state index in [1.165, 1.54) is 18.9 Å². The number of carbonyl (C=O) groups excluding carboxylic acids is 1. The number of methoxy groups -OCH3 is 1. The van der Waals surface area contributed by atoms with Crippen molar-refractivity contribution < 1.29 is 13.9 Å². The van der Waals surface area contributed by atoms with Crippen molar-refractivity contribution in [3.8, 4) is 0 Å². The number of carbonyl (C=O) groups is 1. The Morgan fingerprint density at radius 1 is 1.32 bits per heavy atom. The van der Waals surface area contributed by atoms with Crippen LogP contribution < -0.4 is 0 Å². The molecule has 1 aromatic heterocycles. The van der Waals surface area contributed by atoms with Crippen LogP contribution in [0.25, 0.3) is 0 Å². The number of aromatic nitrogens is 1. The Labute approximate surface area is 116 Å². The molecule has 1 atom stereocenters. The molecule has 0 amide bonds. The van der Waals surface area contributed by atoms with Crippen molar-refractivity contribution in [1.82, 2.24) is 4.98 Å². The highest BCUT2D eigenvalue weighted by Crippen LogP contribution is 2.36. The summed E-state index contributed by atoms with van der Waals surface area (Å²) in [7, 11) is 1.38. The first kappa shape index (κ1) is 13.7. The molecular formula is C14H15NO3S. The summed E-state index contributed by atoms with van der Waals surface area (Å²) in [6.07, 6.45) is 0. The molecule has 0 saturated carbocycles. The minimum atomic E-state index is -0.469. The highest BCUT2D eigenvalue weighted by molar-refractivity contribution is 8.00. The Hall–Kier alpha value is -1.75. The molecule has 1 heterocycles. The predicted octanol–water partition coefficient (Wildman–Crippen LogP) is 3.30. The summed E-state index contributed by atoms with van der Waals surface area (Å²) in [6.45, 7) is 3.72. The quantitative estimate of drug-likeness (QED) is 0.634. The number of oxazole rings is 1. The number of thioether (sulfide) groups is 1. The second kappa shape index (κ2) is 5.93. The maximum absolute atomic E-state index is 11.9. The molecule has 1 aromatic carbocycles. The summed E-state index contributed by atoms with van der Waals surface area (Å²) in [5, 5.41) is 0.0119. The molecule has 0 saturated heterocycles. The number of benzene rings is 1. The molecule has 5 heteroatoms. The van der Waals surface area contributed by atoms with Gasteiger partial charge in [-0.05, 0) is 31.2 Å². The normalized spacial score (nSPS) is 12.2. The van der Waals surface area contributed by atoms with Gasteiger partial charge in [-0.1, -0.05) is 30.3 Å². The number of esters is 1. The average Bonchev–Trinajstić information content (AvgIpc) is 2.75. The van der Waals surface area contributed by atoms with Crippen molar-refractivity contribution in [3.63, 3.8) is 0 Å². The number of hydrogen-bond acceptors (Lipinski definition) is 5. The molecule has 2 aromatic rings. The topological polar surface area (TPSA) is 52.3 Å². The fourth-order valence-electron chi connectivity index (χ4n) is 1.58. The molecule has 0 bridgehead atoms. The number of rotatable bonds is 4. The predicted molar refractivity (Wildman–Crippen MR) is 73.0 cm³/mol. The second-order valence-electron chi connectivity index (χ2n) is 4.05. The van der Waals surface area contributed by atoms with Crippen LogP contribution in [-0.2, 0) is 9.53 Å². The third-order valence-electron chi connectivity index (χ3n) is 2.75. The van der Waals surface area contributed by atoms with Gasteiger partial charge < -0.3 is 9.15 Å². The zero-order valence-electron chi connectivity index (χ0n) is 11.0. The van der Waals surface area contributed by atoms with Crippen LogP contribution >= 0.6 is 11.8 Å². The van der Waals surface area contributed by atoms with Crippen molar-refractivity contribution in [2.75, 3.05) is 7.11 Å². The van der Waals surface area contributed by atoms with Crippen LogP contribution in [0.3, 0.4) is 0 Å². The monoisotopic (exact) mass is 277 g/mol. The van der Waals surface area contributed by atoms with Gasteiger partial charge in [-0.2, -0.15) is 0 Å². The molecule has 0 aliphatic heterocycles. The van der Waals surface area contributed by atoms with Crippen LogP contribution in [0.5, 0.6) is 0 Å². The molecule has 0 aliphatic carbocycles. The van der Waals surface area contributed by atoms with E-state index in [1.54, 1.807) is 0 Å². The van der Waals surface area contributed by atoms with E-state index in [2.05, 4.69) is 4.98 Å². The van der Waals surface area contributed by atoms with E-state index in [0.29, 0.717) is 5.22 Å². The average molecular weight is 277 g/mol. The van der Waals surface area contributed by atoms with Crippen LogP contribution in [0, 0.1) is 13.8 Å². The Morgan fingerprint density at radius 2 is 2.00 bits per heavy atom. The van der Waals surface area contributed by atoms with Crippen molar-refractivity contribution in [1.29, 1.82) is 0 Å². The van der Waals surface area contributed by atoms with Gasteiger partial charge in [0.1, 0.15) is 11.0 Å². The van der Waals surface area contributed by atoms with Gasteiger partial charge in [0.15, 0.2) is 0 Å². The lowest BCUT2D eigenvalue weighted by Gasteiger charge is -2.12. The maximum Gasteiger partial charge on any atom is 0.323 e. The Balaban J connectivity index is 2.26. The lowest BCUT2D eigenvalue weighted by molar-refractivity contribution is -0.140. The highest BCUT2D eigenvalue weighted by atomic mass is 32.2. The summed E-state index contributed by atoms with van der Waals surface area (Å²) >= 11 is 1.26. The fourth-order valence-corrected chi connectivity index (χ4v) is 2.63. The molecule has 0 radical (unpaired) electrons. The van der Waals surface area contributed by atoms with E-state index in [4.69, 9.17) is 9.15 Å². The van der Waals surface area contributed by atoms with Crippen LogP contribution in [0.4, 0.5) is 0 Å². The van der Waals surface area contributed by atoms with E-state index >= 15 is 0 Å². The summed E-state index contributed by atoms with van der Waals surface area (Å²) in [6, 6.07) is 9.45. The summed E-state index contributed by atoms with van der Waals surface area (Å²) < 4.78 is 10.4. The highest BCUT2D eigenvalue weighted by Gasteiger charge is 2.25. The van der Waals surface area contributed by atoms with Crippen LogP contribution in [0.15, 0.2) is 40.0 Å². The van der Waals surface area contributed by atoms with Crippen LogP contribution in [0.2, 0.25) is 0 Å². The lowest BCUT2D eigenvalue weighted by atomic mass is 10.1. The number of hydrogen-bond donors (Lipinski definition) is 0. The number of ether oxygens (including phenoxy) is 1. The molecular weight excluding hydrogens is 262 g/mol. The zero-order chi connectivity index (χ0) is 13.8. The third kappa shape index (κ3) is 3.17. The van der Waals surface area contributed by atoms with E-state index in [0.717, 1.165) is 17.0 Å². The molecule has 100 valence electrons. The van der Waals surface area contributed by atoms with Gasteiger partial charge in [-0.25, -0.2) is 4.98 Å². The van der Waals surface area contributed by atoms with Gasteiger partial charge in [-0.15, -0.1) is 0 Å². The first-order chi connectivity index (χ1) is 9.11. The van der Waals surface area contributed by atoms with Gasteiger partial charge >= 0.3 is 5.97 Å². The van der Waals surface area contributed by atoms with Gasteiger partial charge in [0.05, 0.1) is 12.8 Å². The summed E-state index contributed by atoms with van der Waals surface area (Å²) in [5.74, 6) is 0.448. The molecule has 2 rings (SSSR count). The Bertz CT molecular complexity index is 546. The van der Waals surface area contributed by atoms with Crippen LogP contribution in [-0.4, -0.2) is 18.1 Å². The first-order valence-corrected chi connectivity index (χ1v) is 6.73. The van der Waals surface area contributed by atoms with Crippen molar-refractivity contribution in [2.24, 2.45) is 0 Å². The molecule has 0 aliphatic rings. The SMILES string of the molecule is COC(=O)C(Sc1nc(C)c(C)o1)c1ccccc1. The van der Waals surface area contributed by atoms with Gasteiger partial charge in [0.25, 0.3) is 5.22 Å². The standard InChI is InChI=1S/C14H15NO3S/c1-9-10(2)18-14(15-9)19-12(13(16)17-3)11-7-5-4-6-8-11/h4-8,12H,1-3H3. The largest absolute Gasteiger partial charge is 0.468 e. The van der Waals surface area contributed by atoms with Crippen molar-refractivity contribution in [2.45, 2.75) is 24.3 Å². The molecule has 19 heavy (non-hydrogen) atoms. The van der Waals surface area contributed by atoms with E-state index < -0.39 is 5.25 Å².